The fourth-order valence-corrected chi connectivity index (χ4v) is 4.72. The van der Waals surface area contributed by atoms with E-state index in [1.165, 1.54) is 5.56 Å². The number of primary amides is 1. The van der Waals surface area contributed by atoms with Crippen LogP contribution in [0.5, 0.6) is 0 Å². The summed E-state index contributed by atoms with van der Waals surface area (Å²) in [6.07, 6.45) is 1.72. The molecule has 1 fully saturated rings. The number of thiophene rings is 1. The number of morpholine rings is 1. The van der Waals surface area contributed by atoms with Crippen LogP contribution in [-0.2, 0) is 4.74 Å². The molecule has 3 heterocycles. The minimum absolute atomic E-state index is 0.345. The first-order valence-electron chi connectivity index (χ1n) is 9.93. The van der Waals surface area contributed by atoms with Crippen LogP contribution in [0, 0.1) is 6.92 Å². The molecule has 0 bridgehead atoms. The topological polar surface area (TPSA) is 93.4 Å². The molecule has 1 unspecified atom stereocenters. The largest absolute Gasteiger partial charge is 0.379 e. The molecule has 1 aliphatic heterocycles. The SMILES string of the molecule is Cc1nccc(-c2sc(-c3ccc(C(C)N4CCOCC4)cc3)cc2NC(N)=O)n1. The Labute approximate surface area is 179 Å². The van der Waals surface area contributed by atoms with Gasteiger partial charge in [0.2, 0.25) is 0 Å². The molecule has 3 aromatic rings. The van der Waals surface area contributed by atoms with Gasteiger partial charge in [-0.25, -0.2) is 14.8 Å². The number of hydrogen-bond donors (Lipinski definition) is 2. The van der Waals surface area contributed by atoms with Gasteiger partial charge >= 0.3 is 6.03 Å². The van der Waals surface area contributed by atoms with Gasteiger partial charge in [0.1, 0.15) is 5.82 Å². The van der Waals surface area contributed by atoms with E-state index in [2.05, 4.69) is 51.4 Å². The molecule has 0 spiro atoms. The third-order valence-electron chi connectivity index (χ3n) is 5.27. The molecule has 2 aromatic heterocycles. The van der Waals surface area contributed by atoms with Crippen molar-refractivity contribution in [2.24, 2.45) is 5.73 Å². The zero-order chi connectivity index (χ0) is 21.1. The second-order valence-electron chi connectivity index (χ2n) is 7.28. The average Bonchev–Trinajstić information content (AvgIpc) is 3.17. The number of nitrogens with one attached hydrogen (secondary N) is 1. The van der Waals surface area contributed by atoms with Gasteiger partial charge in [0.05, 0.1) is 29.5 Å². The summed E-state index contributed by atoms with van der Waals surface area (Å²) in [5, 5.41) is 2.72. The number of hydrogen-bond acceptors (Lipinski definition) is 6. The number of ether oxygens (including phenoxy) is 1. The lowest BCUT2D eigenvalue weighted by molar-refractivity contribution is 0.0198. The molecule has 156 valence electrons. The smallest absolute Gasteiger partial charge is 0.316 e. The molecule has 4 rings (SSSR count). The third-order valence-corrected chi connectivity index (χ3v) is 6.48. The molecule has 3 N–H and O–H groups in total. The zero-order valence-corrected chi connectivity index (χ0v) is 17.9. The molecule has 1 saturated heterocycles. The molecule has 1 aromatic carbocycles. The minimum Gasteiger partial charge on any atom is -0.379 e. The molecular formula is C22H25N5O2S. The van der Waals surface area contributed by atoms with Gasteiger partial charge in [0, 0.05) is 30.2 Å². The lowest BCUT2D eigenvalue weighted by atomic mass is 10.0. The Morgan fingerprint density at radius 2 is 1.97 bits per heavy atom. The number of nitrogens with zero attached hydrogens (tertiary/aromatic N) is 3. The summed E-state index contributed by atoms with van der Waals surface area (Å²) in [6, 6.07) is 12.1. The van der Waals surface area contributed by atoms with Crippen molar-refractivity contribution in [2.75, 3.05) is 31.6 Å². The summed E-state index contributed by atoms with van der Waals surface area (Å²) in [5.41, 5.74) is 9.17. The van der Waals surface area contributed by atoms with E-state index in [4.69, 9.17) is 10.5 Å². The van der Waals surface area contributed by atoms with Crippen molar-refractivity contribution in [3.05, 3.63) is 54.0 Å². The average molecular weight is 424 g/mol. The molecule has 0 radical (unpaired) electrons. The number of rotatable bonds is 5. The maximum Gasteiger partial charge on any atom is 0.316 e. The zero-order valence-electron chi connectivity index (χ0n) is 17.1. The molecule has 2 amide bonds. The fourth-order valence-electron chi connectivity index (χ4n) is 3.63. The number of carbonyl (C=O) groups is 1. The van der Waals surface area contributed by atoms with E-state index in [-0.39, 0.29) is 0 Å². The Morgan fingerprint density at radius 1 is 1.23 bits per heavy atom. The first kappa shape index (κ1) is 20.5. The lowest BCUT2D eigenvalue weighted by Crippen LogP contribution is -2.37. The molecule has 1 atom stereocenters. The number of benzene rings is 1. The Hall–Kier alpha value is -2.81. The minimum atomic E-state index is -0.596. The summed E-state index contributed by atoms with van der Waals surface area (Å²) < 4.78 is 5.46. The maximum absolute atomic E-state index is 11.5. The summed E-state index contributed by atoms with van der Waals surface area (Å²) in [4.78, 5) is 24.5. The number of aryl methyl sites for hydroxylation is 1. The van der Waals surface area contributed by atoms with Gasteiger partial charge in [-0.15, -0.1) is 11.3 Å². The highest BCUT2D eigenvalue weighted by Gasteiger charge is 2.19. The van der Waals surface area contributed by atoms with Gasteiger partial charge < -0.3 is 15.8 Å². The molecular weight excluding hydrogens is 398 g/mol. The monoisotopic (exact) mass is 423 g/mol. The van der Waals surface area contributed by atoms with Crippen molar-refractivity contribution < 1.29 is 9.53 Å². The fraction of sp³-hybridized carbons (Fsp3) is 0.318. The molecule has 1 aliphatic rings. The Bertz CT molecular complexity index is 1030. The van der Waals surface area contributed by atoms with Crippen LogP contribution in [0.1, 0.15) is 24.4 Å². The Balaban J connectivity index is 1.62. The third kappa shape index (κ3) is 4.51. The number of urea groups is 1. The van der Waals surface area contributed by atoms with Crippen molar-refractivity contribution in [1.82, 2.24) is 14.9 Å². The van der Waals surface area contributed by atoms with Crippen LogP contribution < -0.4 is 11.1 Å². The summed E-state index contributed by atoms with van der Waals surface area (Å²) in [7, 11) is 0. The number of carbonyl (C=O) groups excluding carboxylic acids is 1. The Kier molecular flexibility index (Phi) is 6.08. The molecule has 0 aliphatic carbocycles. The highest BCUT2D eigenvalue weighted by Crippen LogP contribution is 2.41. The van der Waals surface area contributed by atoms with Crippen molar-refractivity contribution in [1.29, 1.82) is 0 Å². The van der Waals surface area contributed by atoms with Gasteiger partial charge in [-0.3, -0.25) is 4.90 Å². The summed E-state index contributed by atoms with van der Waals surface area (Å²) >= 11 is 1.57. The van der Waals surface area contributed by atoms with Gasteiger partial charge in [0.25, 0.3) is 0 Å². The van der Waals surface area contributed by atoms with Crippen molar-refractivity contribution in [3.8, 4) is 21.0 Å². The number of anilines is 1. The predicted octanol–water partition coefficient (Wildman–Crippen LogP) is 4.06. The van der Waals surface area contributed by atoms with E-state index in [0.29, 0.717) is 17.6 Å². The number of aromatic nitrogens is 2. The second-order valence-corrected chi connectivity index (χ2v) is 8.33. The van der Waals surface area contributed by atoms with E-state index in [1.54, 1.807) is 17.5 Å². The van der Waals surface area contributed by atoms with Crippen LogP contribution in [0.2, 0.25) is 0 Å². The summed E-state index contributed by atoms with van der Waals surface area (Å²) in [5.74, 6) is 0.675. The molecule has 8 heteroatoms. The standard InChI is InChI=1S/C22H25N5O2S/c1-14(27-9-11-29-12-10-27)16-3-5-17(6-4-16)20-13-19(26-22(23)28)21(30-20)18-7-8-24-15(2)25-18/h3-8,13-14H,9-12H2,1-2H3,(H3,23,26,28). The highest BCUT2D eigenvalue weighted by atomic mass is 32.1. The molecule has 30 heavy (non-hydrogen) atoms. The van der Waals surface area contributed by atoms with E-state index in [0.717, 1.165) is 47.3 Å². The van der Waals surface area contributed by atoms with Crippen LogP contribution in [0.25, 0.3) is 21.0 Å². The second kappa shape index (κ2) is 8.91. The van der Waals surface area contributed by atoms with Crippen LogP contribution in [-0.4, -0.2) is 47.2 Å². The van der Waals surface area contributed by atoms with Crippen molar-refractivity contribution in [3.63, 3.8) is 0 Å². The normalized spacial score (nSPS) is 15.7. The van der Waals surface area contributed by atoms with E-state index >= 15 is 0 Å². The first-order chi connectivity index (χ1) is 14.5. The molecule has 0 saturated carbocycles. The highest BCUT2D eigenvalue weighted by molar-refractivity contribution is 7.19. The Morgan fingerprint density at radius 3 is 2.63 bits per heavy atom. The van der Waals surface area contributed by atoms with Gasteiger partial charge in [-0.1, -0.05) is 24.3 Å². The lowest BCUT2D eigenvalue weighted by Gasteiger charge is -2.32. The maximum atomic E-state index is 11.5. The van der Waals surface area contributed by atoms with E-state index in [9.17, 15) is 4.79 Å². The summed E-state index contributed by atoms with van der Waals surface area (Å²) in [6.45, 7) is 7.57. The van der Waals surface area contributed by atoms with Gasteiger partial charge in [0.15, 0.2) is 0 Å². The predicted molar refractivity (Wildman–Crippen MR) is 120 cm³/mol. The van der Waals surface area contributed by atoms with E-state index in [1.807, 2.05) is 19.1 Å². The van der Waals surface area contributed by atoms with Crippen LogP contribution >= 0.6 is 11.3 Å². The number of amides is 2. The van der Waals surface area contributed by atoms with Crippen LogP contribution in [0.3, 0.4) is 0 Å². The van der Waals surface area contributed by atoms with Crippen molar-refractivity contribution >= 4 is 23.1 Å². The van der Waals surface area contributed by atoms with Gasteiger partial charge in [-0.05, 0) is 37.1 Å². The van der Waals surface area contributed by atoms with E-state index < -0.39 is 6.03 Å². The van der Waals surface area contributed by atoms with Crippen molar-refractivity contribution in [2.45, 2.75) is 19.9 Å². The van der Waals surface area contributed by atoms with Gasteiger partial charge in [-0.2, -0.15) is 0 Å². The molecule has 7 nitrogen and oxygen atoms in total. The number of nitrogens with two attached hydrogens (primary N) is 1. The van der Waals surface area contributed by atoms with Crippen LogP contribution in [0.15, 0.2) is 42.6 Å². The quantitative estimate of drug-likeness (QED) is 0.645. The first-order valence-corrected chi connectivity index (χ1v) is 10.8. The van der Waals surface area contributed by atoms with Crippen LogP contribution in [0.4, 0.5) is 10.5 Å².